The maximum Gasteiger partial charge on any atom is 0.328 e. The van der Waals surface area contributed by atoms with E-state index < -0.39 is 11.9 Å². The molecule has 2 N–H and O–H groups in total. The molecule has 5 nitrogen and oxygen atoms in total. The normalized spacial score (nSPS) is 16.5. The number of likely N-dealkylation sites (tertiary alicyclic amines) is 1. The fourth-order valence-corrected chi connectivity index (χ4v) is 4.04. The highest BCUT2D eigenvalue weighted by Crippen LogP contribution is 2.31. The first-order valence-corrected chi connectivity index (χ1v) is 10.0. The Labute approximate surface area is 173 Å². The Balaban J connectivity index is 0.000000300. The van der Waals surface area contributed by atoms with Crippen molar-refractivity contribution in [3.63, 3.8) is 0 Å². The highest BCUT2D eigenvalue weighted by atomic mass is 35.5. The van der Waals surface area contributed by atoms with E-state index in [1.807, 2.05) is 23.9 Å². The summed E-state index contributed by atoms with van der Waals surface area (Å²) >= 11 is 7.90. The van der Waals surface area contributed by atoms with Crippen LogP contribution in [0.2, 0.25) is 5.02 Å². The molecule has 28 heavy (non-hydrogen) atoms. The number of thioether (sulfide) groups is 1. The lowest BCUT2D eigenvalue weighted by atomic mass is 10.2. The number of benzene rings is 2. The summed E-state index contributed by atoms with van der Waals surface area (Å²) < 4.78 is 0. The molecule has 7 heteroatoms. The Morgan fingerprint density at radius 1 is 1.04 bits per heavy atom. The summed E-state index contributed by atoms with van der Waals surface area (Å²) in [7, 11) is 0. The van der Waals surface area contributed by atoms with Gasteiger partial charge in [0.25, 0.3) is 0 Å². The molecule has 0 spiro atoms. The van der Waals surface area contributed by atoms with Crippen molar-refractivity contribution >= 4 is 35.3 Å². The van der Waals surface area contributed by atoms with Gasteiger partial charge in [-0.25, -0.2) is 9.59 Å². The zero-order chi connectivity index (χ0) is 20.4. The van der Waals surface area contributed by atoms with Crippen molar-refractivity contribution in [3.05, 3.63) is 77.3 Å². The predicted octanol–water partition coefficient (Wildman–Crippen LogP) is 4.42. The van der Waals surface area contributed by atoms with Crippen LogP contribution < -0.4 is 0 Å². The third-order valence-electron chi connectivity index (χ3n) is 3.96. The van der Waals surface area contributed by atoms with E-state index in [1.54, 1.807) is 0 Å². The van der Waals surface area contributed by atoms with Gasteiger partial charge in [0.15, 0.2) is 0 Å². The number of nitrogens with zero attached hydrogens (tertiary/aromatic N) is 1. The average Bonchev–Trinajstić information content (AvgIpc) is 3.10. The minimum absolute atomic E-state index is 0.558. The smallest absolute Gasteiger partial charge is 0.328 e. The van der Waals surface area contributed by atoms with Crippen molar-refractivity contribution in [1.29, 1.82) is 0 Å². The second-order valence-corrected chi connectivity index (χ2v) is 8.02. The molecule has 1 aliphatic heterocycles. The fourth-order valence-electron chi connectivity index (χ4n) is 2.73. The van der Waals surface area contributed by atoms with Crippen LogP contribution in [0.1, 0.15) is 12.0 Å². The van der Waals surface area contributed by atoms with E-state index in [4.69, 9.17) is 21.8 Å². The molecule has 148 valence electrons. The number of rotatable bonds is 6. The van der Waals surface area contributed by atoms with Crippen LogP contribution >= 0.6 is 23.4 Å². The first-order chi connectivity index (χ1) is 13.4. The van der Waals surface area contributed by atoms with E-state index in [-0.39, 0.29) is 0 Å². The number of carboxylic acids is 2. The summed E-state index contributed by atoms with van der Waals surface area (Å²) in [6, 6.07) is 18.9. The zero-order valence-electron chi connectivity index (χ0n) is 15.2. The second kappa shape index (κ2) is 11.5. The largest absolute Gasteiger partial charge is 0.478 e. The summed E-state index contributed by atoms with van der Waals surface area (Å²) in [6.07, 6.45) is 2.38. The van der Waals surface area contributed by atoms with Gasteiger partial charge in [-0.3, -0.25) is 4.90 Å². The van der Waals surface area contributed by atoms with Crippen LogP contribution in [-0.2, 0) is 16.1 Å². The van der Waals surface area contributed by atoms with Crippen LogP contribution in [0.4, 0.5) is 0 Å². The van der Waals surface area contributed by atoms with Crippen molar-refractivity contribution < 1.29 is 19.8 Å². The number of halogens is 1. The fraction of sp³-hybridized carbons (Fsp3) is 0.238. The van der Waals surface area contributed by atoms with Gasteiger partial charge in [0.05, 0.1) is 0 Å². The summed E-state index contributed by atoms with van der Waals surface area (Å²) in [6.45, 7) is 3.43. The van der Waals surface area contributed by atoms with E-state index in [0.717, 1.165) is 11.6 Å². The number of carbonyl (C=O) groups is 2. The molecule has 3 rings (SSSR count). The van der Waals surface area contributed by atoms with Gasteiger partial charge < -0.3 is 10.2 Å². The Hall–Kier alpha value is -2.28. The lowest BCUT2D eigenvalue weighted by Gasteiger charge is -2.16. The zero-order valence-corrected chi connectivity index (χ0v) is 16.8. The van der Waals surface area contributed by atoms with Crippen molar-refractivity contribution in [1.82, 2.24) is 4.90 Å². The van der Waals surface area contributed by atoms with Crippen molar-refractivity contribution in [3.8, 4) is 0 Å². The van der Waals surface area contributed by atoms with Crippen LogP contribution in [0.25, 0.3) is 0 Å². The van der Waals surface area contributed by atoms with Crippen molar-refractivity contribution in [2.75, 3.05) is 13.1 Å². The van der Waals surface area contributed by atoms with Gasteiger partial charge in [-0.1, -0.05) is 41.9 Å². The van der Waals surface area contributed by atoms with Crippen LogP contribution in [0.3, 0.4) is 0 Å². The van der Waals surface area contributed by atoms with Gasteiger partial charge in [-0.05, 0) is 42.8 Å². The van der Waals surface area contributed by atoms with E-state index in [9.17, 15) is 9.59 Å². The summed E-state index contributed by atoms with van der Waals surface area (Å²) in [5, 5.41) is 17.1. The molecule has 0 aromatic heterocycles. The minimum Gasteiger partial charge on any atom is -0.478 e. The number of carboxylic acid groups (broad SMARTS) is 2. The number of hydrogen-bond donors (Lipinski definition) is 2. The maximum absolute atomic E-state index is 9.55. The molecule has 1 unspecified atom stereocenters. The minimum atomic E-state index is -1.26. The molecule has 2 aromatic rings. The molecule has 1 heterocycles. The van der Waals surface area contributed by atoms with E-state index in [2.05, 4.69) is 47.4 Å². The van der Waals surface area contributed by atoms with Crippen LogP contribution in [0.15, 0.2) is 71.6 Å². The first-order valence-electron chi connectivity index (χ1n) is 8.75. The van der Waals surface area contributed by atoms with Gasteiger partial charge in [-0.2, -0.15) is 0 Å². The first kappa shape index (κ1) is 22.0. The molecule has 0 aliphatic carbocycles. The molecule has 0 bridgehead atoms. The Kier molecular flexibility index (Phi) is 9.07. The molecule has 1 atom stereocenters. The Bertz CT molecular complexity index is 780. The average molecular weight is 420 g/mol. The molecular formula is C21H22ClNO4S. The summed E-state index contributed by atoms with van der Waals surface area (Å²) in [4.78, 5) is 23.0. The summed E-state index contributed by atoms with van der Waals surface area (Å²) in [5.41, 5.74) is 1.41. The maximum atomic E-state index is 9.55. The Morgan fingerprint density at radius 2 is 1.64 bits per heavy atom. The van der Waals surface area contributed by atoms with E-state index >= 15 is 0 Å². The van der Waals surface area contributed by atoms with Crippen LogP contribution in [0, 0.1) is 0 Å². The highest BCUT2D eigenvalue weighted by molar-refractivity contribution is 8.00. The third kappa shape index (κ3) is 8.61. The molecule has 1 saturated heterocycles. The lowest BCUT2D eigenvalue weighted by Crippen LogP contribution is -2.20. The Morgan fingerprint density at radius 3 is 2.21 bits per heavy atom. The van der Waals surface area contributed by atoms with Crippen molar-refractivity contribution in [2.24, 2.45) is 0 Å². The molecule has 0 radical (unpaired) electrons. The third-order valence-corrected chi connectivity index (χ3v) is 5.48. The quantitative estimate of drug-likeness (QED) is 0.675. The van der Waals surface area contributed by atoms with E-state index in [0.29, 0.717) is 17.4 Å². The van der Waals surface area contributed by atoms with Gasteiger partial charge in [-0.15, -0.1) is 11.8 Å². The summed E-state index contributed by atoms with van der Waals surface area (Å²) in [5.74, 6) is -2.51. The topological polar surface area (TPSA) is 77.8 Å². The molecule has 0 amide bonds. The molecular weight excluding hydrogens is 398 g/mol. The number of hydrogen-bond acceptors (Lipinski definition) is 4. The predicted molar refractivity (Wildman–Crippen MR) is 112 cm³/mol. The van der Waals surface area contributed by atoms with Gasteiger partial charge in [0.2, 0.25) is 0 Å². The monoisotopic (exact) mass is 419 g/mol. The highest BCUT2D eigenvalue weighted by Gasteiger charge is 2.23. The SMILES string of the molecule is Clc1ccc(SC2CCN(Cc3ccccc3)C2)cc1.O=C(O)/C=C\C(=O)O. The van der Waals surface area contributed by atoms with Crippen molar-refractivity contribution in [2.45, 2.75) is 23.1 Å². The lowest BCUT2D eigenvalue weighted by molar-refractivity contribution is -0.134. The number of aliphatic carboxylic acids is 2. The van der Waals surface area contributed by atoms with Gasteiger partial charge in [0, 0.05) is 40.4 Å². The molecule has 2 aromatic carbocycles. The second-order valence-electron chi connectivity index (χ2n) is 6.21. The van der Waals surface area contributed by atoms with Gasteiger partial charge in [0.1, 0.15) is 0 Å². The molecule has 1 aliphatic rings. The van der Waals surface area contributed by atoms with Crippen LogP contribution in [0.5, 0.6) is 0 Å². The molecule has 0 saturated carbocycles. The standard InChI is InChI=1S/C17H18ClNS.C4H4O4/c18-15-6-8-16(9-7-15)20-17-10-11-19(13-17)12-14-4-2-1-3-5-14;5-3(6)1-2-4(7)8/h1-9,17H,10-13H2;1-2H,(H,5,6)(H,7,8)/b;2-1-. The van der Waals surface area contributed by atoms with E-state index in [1.165, 1.54) is 30.0 Å². The van der Waals surface area contributed by atoms with Crippen LogP contribution in [-0.4, -0.2) is 45.4 Å². The van der Waals surface area contributed by atoms with Gasteiger partial charge >= 0.3 is 11.9 Å². The molecule has 1 fully saturated rings.